The molecule has 1 fully saturated rings. The van der Waals surface area contributed by atoms with E-state index in [1.54, 1.807) is 0 Å². The van der Waals surface area contributed by atoms with E-state index in [2.05, 4.69) is 4.98 Å². The number of hydrogen-bond donors (Lipinski definition) is 1. The highest BCUT2D eigenvalue weighted by atomic mass is 16.5. The molecule has 1 saturated carbocycles. The van der Waals surface area contributed by atoms with Gasteiger partial charge >= 0.3 is 5.69 Å². The van der Waals surface area contributed by atoms with Crippen LogP contribution >= 0.6 is 0 Å². The van der Waals surface area contributed by atoms with Gasteiger partial charge in [0.25, 0.3) is 5.56 Å². The van der Waals surface area contributed by atoms with Crippen molar-refractivity contribution in [3.8, 4) is 11.6 Å². The molecular formula is C19H24N2O3. The number of ether oxygens (including phenoxy) is 1. The van der Waals surface area contributed by atoms with Crippen LogP contribution in [0.5, 0.6) is 11.6 Å². The minimum Gasteiger partial charge on any atom is -0.440 e. The zero-order chi connectivity index (χ0) is 17.3. The SMILES string of the molecule is CCc1c(Oc2cc(C)cc(C)c2)[nH]c(=O)n(CC2CCC2)c1=O. The number of aromatic nitrogens is 2. The van der Waals surface area contributed by atoms with E-state index in [9.17, 15) is 9.59 Å². The summed E-state index contributed by atoms with van der Waals surface area (Å²) in [6.07, 6.45) is 3.88. The van der Waals surface area contributed by atoms with Gasteiger partial charge in [-0.3, -0.25) is 14.3 Å². The smallest absolute Gasteiger partial charge is 0.331 e. The van der Waals surface area contributed by atoms with Gasteiger partial charge in [-0.05, 0) is 62.3 Å². The molecule has 2 aromatic rings. The Morgan fingerprint density at radius 2 is 1.83 bits per heavy atom. The molecule has 3 rings (SSSR count). The molecule has 0 saturated heterocycles. The van der Waals surface area contributed by atoms with Gasteiger partial charge < -0.3 is 4.74 Å². The molecule has 5 heteroatoms. The van der Waals surface area contributed by atoms with Crippen LogP contribution in [-0.4, -0.2) is 9.55 Å². The van der Waals surface area contributed by atoms with Crippen molar-refractivity contribution in [1.82, 2.24) is 9.55 Å². The van der Waals surface area contributed by atoms with Gasteiger partial charge in [-0.25, -0.2) is 4.79 Å². The van der Waals surface area contributed by atoms with Crippen LogP contribution in [0.1, 0.15) is 42.9 Å². The molecule has 1 heterocycles. The number of aryl methyl sites for hydroxylation is 2. The van der Waals surface area contributed by atoms with Crippen molar-refractivity contribution in [3.63, 3.8) is 0 Å². The zero-order valence-corrected chi connectivity index (χ0v) is 14.5. The first-order valence-corrected chi connectivity index (χ1v) is 8.60. The lowest BCUT2D eigenvalue weighted by Gasteiger charge is -2.25. The van der Waals surface area contributed by atoms with E-state index in [1.807, 2.05) is 39.0 Å². The molecule has 0 spiro atoms. The Bertz CT molecular complexity index is 840. The van der Waals surface area contributed by atoms with E-state index >= 15 is 0 Å². The lowest BCUT2D eigenvalue weighted by Crippen LogP contribution is -2.40. The fourth-order valence-corrected chi connectivity index (χ4v) is 3.20. The van der Waals surface area contributed by atoms with Gasteiger partial charge in [0.05, 0.1) is 5.56 Å². The lowest BCUT2D eigenvalue weighted by molar-refractivity contribution is 0.268. The van der Waals surface area contributed by atoms with Crippen LogP contribution < -0.4 is 16.0 Å². The Kier molecular flexibility index (Phi) is 4.60. The van der Waals surface area contributed by atoms with Gasteiger partial charge in [0.15, 0.2) is 0 Å². The molecule has 1 N–H and O–H groups in total. The molecule has 1 aliphatic carbocycles. The fraction of sp³-hybridized carbons (Fsp3) is 0.474. The van der Waals surface area contributed by atoms with Crippen LogP contribution in [-0.2, 0) is 13.0 Å². The molecule has 0 radical (unpaired) electrons. The molecular weight excluding hydrogens is 304 g/mol. The van der Waals surface area contributed by atoms with E-state index in [0.29, 0.717) is 30.2 Å². The number of benzene rings is 1. The number of aromatic amines is 1. The standard InChI is InChI=1S/C19H24N2O3/c1-4-16-17(24-15-9-12(2)8-13(3)10-15)20-19(23)21(18(16)22)11-14-6-5-7-14/h8-10,14H,4-7,11H2,1-3H3,(H,20,23). The summed E-state index contributed by atoms with van der Waals surface area (Å²) in [5.74, 6) is 1.34. The van der Waals surface area contributed by atoms with Crippen LogP contribution in [0.4, 0.5) is 0 Å². The third-order valence-electron chi connectivity index (χ3n) is 4.68. The topological polar surface area (TPSA) is 64.1 Å². The summed E-state index contributed by atoms with van der Waals surface area (Å²) < 4.78 is 7.19. The molecule has 0 unspecified atom stereocenters. The maximum absolute atomic E-state index is 12.7. The molecule has 128 valence electrons. The molecule has 0 atom stereocenters. The first kappa shape index (κ1) is 16.6. The third kappa shape index (κ3) is 3.30. The van der Waals surface area contributed by atoms with Crippen molar-refractivity contribution in [3.05, 3.63) is 55.7 Å². The highest BCUT2D eigenvalue weighted by Crippen LogP contribution is 2.27. The van der Waals surface area contributed by atoms with Gasteiger partial charge in [-0.2, -0.15) is 0 Å². The second-order valence-corrected chi connectivity index (χ2v) is 6.73. The van der Waals surface area contributed by atoms with Crippen molar-refractivity contribution in [2.45, 2.75) is 53.0 Å². The molecule has 1 aromatic heterocycles. The van der Waals surface area contributed by atoms with Crippen LogP contribution in [0.15, 0.2) is 27.8 Å². The summed E-state index contributed by atoms with van der Waals surface area (Å²) in [4.78, 5) is 27.8. The van der Waals surface area contributed by atoms with Gasteiger partial charge in [-0.1, -0.05) is 19.4 Å². The Balaban J connectivity index is 1.98. The Hall–Kier alpha value is -2.30. The second-order valence-electron chi connectivity index (χ2n) is 6.73. The molecule has 0 amide bonds. The van der Waals surface area contributed by atoms with Crippen LogP contribution in [0.2, 0.25) is 0 Å². The van der Waals surface area contributed by atoms with Crippen molar-refractivity contribution >= 4 is 0 Å². The molecule has 0 bridgehead atoms. The second kappa shape index (κ2) is 6.67. The van der Waals surface area contributed by atoms with E-state index < -0.39 is 0 Å². The molecule has 0 aliphatic heterocycles. The summed E-state index contributed by atoms with van der Waals surface area (Å²) in [6, 6.07) is 5.84. The minimum absolute atomic E-state index is 0.229. The summed E-state index contributed by atoms with van der Waals surface area (Å²) in [6.45, 7) is 6.38. The number of hydrogen-bond acceptors (Lipinski definition) is 3. The van der Waals surface area contributed by atoms with Gasteiger partial charge in [0.1, 0.15) is 5.75 Å². The molecule has 24 heavy (non-hydrogen) atoms. The maximum Gasteiger partial charge on any atom is 0.331 e. The minimum atomic E-state index is -0.386. The predicted molar refractivity (Wildman–Crippen MR) is 94.0 cm³/mol. The quantitative estimate of drug-likeness (QED) is 0.916. The van der Waals surface area contributed by atoms with Crippen molar-refractivity contribution in [2.24, 2.45) is 5.92 Å². The molecule has 1 aliphatic rings. The summed E-state index contributed by atoms with van der Waals surface area (Å²) in [5, 5.41) is 0. The van der Waals surface area contributed by atoms with Gasteiger partial charge in [0, 0.05) is 6.54 Å². The largest absolute Gasteiger partial charge is 0.440 e. The van der Waals surface area contributed by atoms with E-state index in [1.165, 1.54) is 11.0 Å². The van der Waals surface area contributed by atoms with Gasteiger partial charge in [0.2, 0.25) is 5.88 Å². The predicted octanol–water partition coefficient (Wildman–Crippen LogP) is 3.31. The number of nitrogens with zero attached hydrogens (tertiary/aromatic N) is 1. The first-order chi connectivity index (χ1) is 11.5. The highest BCUT2D eigenvalue weighted by molar-refractivity contribution is 5.36. The monoisotopic (exact) mass is 328 g/mol. The van der Waals surface area contributed by atoms with Crippen molar-refractivity contribution < 1.29 is 4.74 Å². The summed E-state index contributed by atoms with van der Waals surface area (Å²) >= 11 is 0. The van der Waals surface area contributed by atoms with Crippen LogP contribution in [0, 0.1) is 19.8 Å². The zero-order valence-electron chi connectivity index (χ0n) is 14.5. The third-order valence-corrected chi connectivity index (χ3v) is 4.68. The van der Waals surface area contributed by atoms with E-state index in [-0.39, 0.29) is 17.1 Å². The summed E-state index contributed by atoms with van der Waals surface area (Å²) in [5.41, 5.74) is 2.05. The number of H-pyrrole nitrogens is 1. The highest BCUT2D eigenvalue weighted by Gasteiger charge is 2.22. The number of rotatable bonds is 5. The average Bonchev–Trinajstić information content (AvgIpc) is 2.44. The van der Waals surface area contributed by atoms with E-state index in [4.69, 9.17) is 4.74 Å². The maximum atomic E-state index is 12.7. The normalized spacial score (nSPS) is 14.5. The first-order valence-electron chi connectivity index (χ1n) is 8.60. The number of nitrogens with one attached hydrogen (secondary N) is 1. The van der Waals surface area contributed by atoms with Crippen molar-refractivity contribution in [1.29, 1.82) is 0 Å². The van der Waals surface area contributed by atoms with Gasteiger partial charge in [-0.15, -0.1) is 0 Å². The Morgan fingerprint density at radius 1 is 1.17 bits per heavy atom. The van der Waals surface area contributed by atoms with Crippen molar-refractivity contribution in [2.75, 3.05) is 0 Å². The molecule has 1 aromatic carbocycles. The van der Waals surface area contributed by atoms with E-state index in [0.717, 1.165) is 24.0 Å². The average molecular weight is 328 g/mol. The summed E-state index contributed by atoms with van der Waals surface area (Å²) in [7, 11) is 0. The Labute approximate surface area is 141 Å². The van der Waals surface area contributed by atoms with Crippen LogP contribution in [0.3, 0.4) is 0 Å². The fourth-order valence-electron chi connectivity index (χ4n) is 3.20. The molecule has 5 nitrogen and oxygen atoms in total. The lowest BCUT2D eigenvalue weighted by atomic mass is 9.85. The Morgan fingerprint density at radius 3 is 2.38 bits per heavy atom. The van der Waals surface area contributed by atoms with Crippen LogP contribution in [0.25, 0.3) is 0 Å².